The van der Waals surface area contributed by atoms with E-state index in [4.69, 9.17) is 9.97 Å². The Labute approximate surface area is 317 Å². The number of para-hydroxylation sites is 2. The summed E-state index contributed by atoms with van der Waals surface area (Å²) in [5.74, 6) is 1.92. The van der Waals surface area contributed by atoms with Crippen LogP contribution in [0.25, 0.3) is 50.1 Å². The maximum absolute atomic E-state index is 5.37. The fourth-order valence-corrected chi connectivity index (χ4v) is 10.2. The molecule has 6 aromatic rings. The van der Waals surface area contributed by atoms with Crippen molar-refractivity contribution in [2.75, 3.05) is 0 Å². The van der Waals surface area contributed by atoms with E-state index in [0.717, 1.165) is 54.5 Å². The SMILES string of the molecule is CC1(C)c2cc3c4ccccc4n(C4=CCC(c5nc(C6=CC=C(C7=Cc8ccccc8CC7)CC6)c6ccccc6n5)C=C4)c3cc2C2C=CC=CC21. The van der Waals surface area contributed by atoms with E-state index in [1.807, 2.05) is 0 Å². The molecular formula is C51H43N3. The van der Waals surface area contributed by atoms with E-state index < -0.39 is 0 Å². The van der Waals surface area contributed by atoms with Crippen molar-refractivity contribution in [1.82, 2.24) is 14.5 Å². The predicted molar refractivity (Wildman–Crippen MR) is 225 cm³/mol. The molecule has 0 saturated heterocycles. The highest BCUT2D eigenvalue weighted by Crippen LogP contribution is 2.54. The number of aryl methyl sites for hydroxylation is 1. The minimum atomic E-state index is 0.0841. The number of benzene rings is 4. The van der Waals surface area contributed by atoms with Crippen LogP contribution in [0.15, 0.2) is 151 Å². The lowest BCUT2D eigenvalue weighted by Gasteiger charge is -2.29. The van der Waals surface area contributed by atoms with Gasteiger partial charge in [0.25, 0.3) is 0 Å². The fraction of sp³-hybridized carbons (Fsp3) is 0.216. The first-order valence-corrected chi connectivity index (χ1v) is 19.8. The normalized spacial score (nSPS) is 22.4. The highest BCUT2D eigenvalue weighted by Gasteiger charge is 2.45. The van der Waals surface area contributed by atoms with Crippen LogP contribution in [0.1, 0.15) is 85.1 Å². The first kappa shape index (κ1) is 31.7. The average Bonchev–Trinajstić information content (AvgIpc) is 3.67. The summed E-state index contributed by atoms with van der Waals surface area (Å²) < 4.78 is 2.49. The van der Waals surface area contributed by atoms with E-state index in [1.54, 1.807) is 0 Å². The molecule has 5 aliphatic carbocycles. The van der Waals surface area contributed by atoms with Crippen LogP contribution in [0.3, 0.4) is 0 Å². The van der Waals surface area contributed by atoms with Crippen LogP contribution < -0.4 is 0 Å². The maximum Gasteiger partial charge on any atom is 0.136 e. The van der Waals surface area contributed by atoms with Gasteiger partial charge in [-0.3, -0.25) is 0 Å². The third-order valence-electron chi connectivity index (χ3n) is 13.1. The number of nitrogens with zero attached hydrogens (tertiary/aromatic N) is 3. The molecule has 4 aromatic carbocycles. The quantitative estimate of drug-likeness (QED) is 0.184. The van der Waals surface area contributed by atoms with Gasteiger partial charge in [0.1, 0.15) is 5.82 Å². The summed E-state index contributed by atoms with van der Waals surface area (Å²) >= 11 is 0. The van der Waals surface area contributed by atoms with Crippen molar-refractivity contribution in [3.8, 4) is 0 Å². The monoisotopic (exact) mass is 697 g/mol. The van der Waals surface area contributed by atoms with Gasteiger partial charge >= 0.3 is 0 Å². The zero-order valence-corrected chi connectivity index (χ0v) is 31.0. The van der Waals surface area contributed by atoms with Crippen LogP contribution >= 0.6 is 0 Å². The van der Waals surface area contributed by atoms with E-state index in [-0.39, 0.29) is 11.3 Å². The third-order valence-corrected chi connectivity index (χ3v) is 13.1. The molecule has 3 nitrogen and oxygen atoms in total. The van der Waals surface area contributed by atoms with Crippen LogP contribution in [0, 0.1) is 5.92 Å². The standard InChI is InChI=1S/C51H43N3/c1-51(2)44-16-8-5-13-39(44)42-31-48-43(30-45(42)51)40-14-7-10-18-47(40)54(48)38-27-25-35(26-28-38)50-52-46-17-9-6-15-41(46)49(53-50)34-22-19-33(20-23-34)37-24-21-32-11-3-4-12-36(32)29-37/h3-19,22,25,27-31,35,39,44H,20-21,23-24,26H2,1-2H3. The lowest BCUT2D eigenvalue weighted by Crippen LogP contribution is -2.24. The molecular weight excluding hydrogens is 655 g/mol. The summed E-state index contributed by atoms with van der Waals surface area (Å²) in [5.41, 5.74) is 16.0. The van der Waals surface area contributed by atoms with Crippen molar-refractivity contribution in [2.24, 2.45) is 5.92 Å². The van der Waals surface area contributed by atoms with Gasteiger partial charge in [-0.25, -0.2) is 9.97 Å². The Morgan fingerprint density at radius 3 is 2.33 bits per heavy atom. The largest absolute Gasteiger partial charge is 0.310 e. The summed E-state index contributed by atoms with van der Waals surface area (Å²) in [7, 11) is 0. The van der Waals surface area contributed by atoms with E-state index in [0.29, 0.717) is 11.8 Å². The van der Waals surface area contributed by atoms with Gasteiger partial charge in [-0.1, -0.05) is 129 Å². The van der Waals surface area contributed by atoms with Crippen molar-refractivity contribution >= 4 is 50.1 Å². The van der Waals surface area contributed by atoms with E-state index in [1.165, 1.54) is 66.5 Å². The molecule has 5 aliphatic rings. The second-order valence-electron chi connectivity index (χ2n) is 16.4. The van der Waals surface area contributed by atoms with Gasteiger partial charge in [-0.15, -0.1) is 0 Å². The van der Waals surface area contributed by atoms with Gasteiger partial charge in [0, 0.05) is 33.7 Å². The summed E-state index contributed by atoms with van der Waals surface area (Å²) in [6.45, 7) is 4.84. The maximum atomic E-state index is 5.37. The Morgan fingerprint density at radius 1 is 0.685 bits per heavy atom. The van der Waals surface area contributed by atoms with Gasteiger partial charge < -0.3 is 4.57 Å². The number of aromatic nitrogens is 3. The van der Waals surface area contributed by atoms with Crippen LogP contribution in [0.2, 0.25) is 0 Å². The van der Waals surface area contributed by atoms with Crippen LogP contribution in [-0.4, -0.2) is 14.5 Å². The lowest BCUT2D eigenvalue weighted by molar-refractivity contribution is 0.394. The van der Waals surface area contributed by atoms with Gasteiger partial charge in [-0.05, 0) is 113 Å². The van der Waals surface area contributed by atoms with E-state index in [2.05, 4.69) is 164 Å². The molecule has 0 amide bonds. The molecule has 2 heterocycles. The molecule has 3 atom stereocenters. The number of allylic oxidation sites excluding steroid dienone is 13. The first-order valence-electron chi connectivity index (χ1n) is 19.8. The van der Waals surface area contributed by atoms with Crippen LogP contribution in [0.5, 0.6) is 0 Å². The smallest absolute Gasteiger partial charge is 0.136 e. The average molecular weight is 698 g/mol. The van der Waals surface area contributed by atoms with Gasteiger partial charge in [-0.2, -0.15) is 0 Å². The minimum Gasteiger partial charge on any atom is -0.310 e. The van der Waals surface area contributed by atoms with Crippen LogP contribution in [-0.2, 0) is 11.8 Å². The Balaban J connectivity index is 0.944. The first-order chi connectivity index (χ1) is 26.5. The van der Waals surface area contributed by atoms with Crippen molar-refractivity contribution in [2.45, 2.75) is 63.2 Å². The second-order valence-corrected chi connectivity index (χ2v) is 16.4. The summed E-state index contributed by atoms with van der Waals surface area (Å²) in [6, 6.07) is 31.3. The highest BCUT2D eigenvalue weighted by atomic mass is 15.0. The minimum absolute atomic E-state index is 0.0841. The van der Waals surface area contributed by atoms with Crippen LogP contribution in [0.4, 0.5) is 0 Å². The zero-order valence-electron chi connectivity index (χ0n) is 31.0. The molecule has 0 radical (unpaired) electrons. The predicted octanol–water partition coefficient (Wildman–Crippen LogP) is 12.6. The van der Waals surface area contributed by atoms with Crippen molar-refractivity contribution in [3.63, 3.8) is 0 Å². The number of hydrogen-bond donors (Lipinski definition) is 0. The van der Waals surface area contributed by atoms with E-state index in [9.17, 15) is 0 Å². The van der Waals surface area contributed by atoms with E-state index >= 15 is 0 Å². The molecule has 0 spiro atoms. The fourth-order valence-electron chi connectivity index (χ4n) is 10.2. The Bertz CT molecular complexity index is 2790. The highest BCUT2D eigenvalue weighted by molar-refractivity contribution is 6.11. The molecule has 0 aliphatic heterocycles. The van der Waals surface area contributed by atoms with Gasteiger partial charge in [0.05, 0.1) is 22.2 Å². The summed E-state index contributed by atoms with van der Waals surface area (Å²) in [4.78, 5) is 10.6. The lowest BCUT2D eigenvalue weighted by atomic mass is 9.74. The molecule has 3 heteroatoms. The molecule has 0 saturated carbocycles. The molecule has 262 valence electrons. The summed E-state index contributed by atoms with van der Waals surface area (Å²) in [5, 5.41) is 3.79. The Kier molecular flexibility index (Phi) is 7.11. The molecule has 2 aromatic heterocycles. The van der Waals surface area contributed by atoms with Crippen molar-refractivity contribution in [1.29, 1.82) is 0 Å². The molecule has 0 N–H and O–H groups in total. The number of fused-ring (bicyclic) bond motifs is 8. The number of rotatable bonds is 4. The summed E-state index contributed by atoms with van der Waals surface area (Å²) in [6.07, 6.45) is 28.5. The molecule has 3 unspecified atom stereocenters. The molecule has 54 heavy (non-hydrogen) atoms. The molecule has 0 bridgehead atoms. The molecule has 11 rings (SSSR count). The van der Waals surface area contributed by atoms with Gasteiger partial charge in [0.2, 0.25) is 0 Å². The number of hydrogen-bond acceptors (Lipinski definition) is 2. The Morgan fingerprint density at radius 2 is 1.46 bits per heavy atom. The molecule has 0 fully saturated rings. The Hall–Kier alpha value is -5.80. The zero-order chi connectivity index (χ0) is 36.0. The van der Waals surface area contributed by atoms with Crippen molar-refractivity contribution < 1.29 is 0 Å². The van der Waals surface area contributed by atoms with Crippen molar-refractivity contribution in [3.05, 3.63) is 185 Å². The topological polar surface area (TPSA) is 30.7 Å². The van der Waals surface area contributed by atoms with Gasteiger partial charge in [0.15, 0.2) is 0 Å². The second kappa shape index (κ2) is 12.1. The third kappa shape index (κ3) is 4.87.